The zero-order valence-corrected chi connectivity index (χ0v) is 16.0. The number of hydrogen-bond acceptors (Lipinski definition) is 6. The molecule has 0 aliphatic carbocycles. The van der Waals surface area contributed by atoms with Crippen LogP contribution in [0.15, 0.2) is 84.9 Å². The Kier molecular flexibility index (Phi) is 5.15. The van der Waals surface area contributed by atoms with Crippen molar-refractivity contribution in [1.82, 2.24) is 4.90 Å². The van der Waals surface area contributed by atoms with Crippen LogP contribution in [0.4, 0.5) is 21.0 Å². The molecule has 4 amide bonds. The fourth-order valence-corrected chi connectivity index (χ4v) is 3.27. The van der Waals surface area contributed by atoms with Crippen molar-refractivity contribution in [3.05, 3.63) is 101 Å². The number of carbonyl (C=O) groups excluding carboxylic acids is 3. The van der Waals surface area contributed by atoms with E-state index in [1.807, 2.05) is 0 Å². The molecule has 0 bridgehead atoms. The van der Waals surface area contributed by atoms with Crippen molar-refractivity contribution in [2.24, 2.45) is 0 Å². The number of nitro benzene ring substituents is 1. The molecule has 9 heteroatoms. The quantitative estimate of drug-likeness (QED) is 0.355. The van der Waals surface area contributed by atoms with E-state index < -0.39 is 29.0 Å². The maximum atomic E-state index is 13.1. The monoisotopic (exact) mass is 417 g/mol. The molecule has 1 atom stereocenters. The second kappa shape index (κ2) is 8.07. The van der Waals surface area contributed by atoms with Gasteiger partial charge >= 0.3 is 12.1 Å². The smallest absolute Gasteiger partial charge is 0.410 e. The lowest BCUT2D eigenvalue weighted by Gasteiger charge is -2.21. The van der Waals surface area contributed by atoms with E-state index in [1.54, 1.807) is 60.7 Å². The van der Waals surface area contributed by atoms with Gasteiger partial charge in [-0.2, -0.15) is 4.90 Å². The summed E-state index contributed by atoms with van der Waals surface area (Å²) in [5.74, 6) is -0.794. The molecule has 154 valence electrons. The first-order valence-electron chi connectivity index (χ1n) is 9.21. The predicted molar refractivity (Wildman–Crippen MR) is 109 cm³/mol. The van der Waals surface area contributed by atoms with Crippen molar-refractivity contribution in [2.45, 2.75) is 6.04 Å². The number of nitrogens with zero attached hydrogens (tertiary/aromatic N) is 3. The van der Waals surface area contributed by atoms with Crippen molar-refractivity contribution in [2.75, 3.05) is 4.90 Å². The van der Waals surface area contributed by atoms with E-state index >= 15 is 0 Å². The first kappa shape index (κ1) is 19.8. The molecule has 0 radical (unpaired) electrons. The molecule has 0 saturated carbocycles. The van der Waals surface area contributed by atoms with Gasteiger partial charge in [-0.05, 0) is 29.8 Å². The Morgan fingerprint density at radius 3 is 2.03 bits per heavy atom. The minimum absolute atomic E-state index is 0.0365. The number of urea groups is 1. The minimum Gasteiger partial charge on any atom is -0.410 e. The molecule has 1 heterocycles. The number of benzene rings is 3. The van der Waals surface area contributed by atoms with Crippen molar-refractivity contribution in [3.63, 3.8) is 0 Å². The molecule has 9 nitrogen and oxygen atoms in total. The number of anilines is 1. The topological polar surface area (TPSA) is 110 Å². The van der Waals surface area contributed by atoms with Crippen LogP contribution in [0.3, 0.4) is 0 Å². The minimum atomic E-state index is -1.19. The first-order valence-corrected chi connectivity index (χ1v) is 9.21. The van der Waals surface area contributed by atoms with E-state index in [0.717, 1.165) is 12.1 Å². The van der Waals surface area contributed by atoms with Crippen LogP contribution < -0.4 is 9.64 Å². The number of rotatable bonds is 4. The van der Waals surface area contributed by atoms with Crippen LogP contribution in [0.2, 0.25) is 0 Å². The summed E-state index contributed by atoms with van der Waals surface area (Å²) >= 11 is 0. The highest BCUT2D eigenvalue weighted by molar-refractivity contribution is 6.22. The average molecular weight is 417 g/mol. The average Bonchev–Trinajstić information content (AvgIpc) is 3.05. The Balaban J connectivity index is 1.66. The maximum absolute atomic E-state index is 13.1. The largest absolute Gasteiger partial charge is 0.430 e. The number of hydrogen-bond donors (Lipinski definition) is 0. The van der Waals surface area contributed by atoms with Gasteiger partial charge in [0.1, 0.15) is 11.8 Å². The molecule has 0 spiro atoms. The van der Waals surface area contributed by atoms with E-state index in [4.69, 9.17) is 4.74 Å². The van der Waals surface area contributed by atoms with Crippen LogP contribution in [-0.4, -0.2) is 27.9 Å². The highest BCUT2D eigenvalue weighted by Crippen LogP contribution is 2.36. The SMILES string of the molecule is O=C(Oc1ccc([N+](=O)[O-])cc1)N1C(=O)C(c2ccccc2)N(c2ccccc2)C1=O. The molecule has 0 N–H and O–H groups in total. The molecule has 3 aromatic carbocycles. The molecule has 3 aromatic rings. The molecule has 0 aromatic heterocycles. The highest BCUT2D eigenvalue weighted by Gasteiger charge is 2.50. The van der Waals surface area contributed by atoms with Crippen LogP contribution in [-0.2, 0) is 4.79 Å². The fourth-order valence-electron chi connectivity index (χ4n) is 3.27. The van der Waals surface area contributed by atoms with Crippen LogP contribution >= 0.6 is 0 Å². The van der Waals surface area contributed by atoms with Gasteiger partial charge in [0, 0.05) is 17.8 Å². The summed E-state index contributed by atoms with van der Waals surface area (Å²) in [7, 11) is 0. The number of para-hydroxylation sites is 1. The fraction of sp³-hybridized carbons (Fsp3) is 0.0455. The second-order valence-electron chi connectivity index (χ2n) is 6.59. The maximum Gasteiger partial charge on any atom is 0.430 e. The Bertz CT molecular complexity index is 1090. The third-order valence-electron chi connectivity index (χ3n) is 4.69. The Morgan fingerprint density at radius 2 is 1.45 bits per heavy atom. The van der Waals surface area contributed by atoms with E-state index in [-0.39, 0.29) is 11.4 Å². The van der Waals surface area contributed by atoms with E-state index in [0.29, 0.717) is 16.2 Å². The van der Waals surface area contributed by atoms with Gasteiger partial charge in [0.25, 0.3) is 11.6 Å². The van der Waals surface area contributed by atoms with Gasteiger partial charge in [0.15, 0.2) is 0 Å². The molecular formula is C22H15N3O6. The van der Waals surface area contributed by atoms with E-state index in [2.05, 4.69) is 0 Å². The molecule has 1 aliphatic rings. The molecule has 1 aliphatic heterocycles. The van der Waals surface area contributed by atoms with Gasteiger partial charge in [-0.3, -0.25) is 19.8 Å². The Hall–Kier alpha value is -4.53. The van der Waals surface area contributed by atoms with Crippen LogP contribution in [0.5, 0.6) is 5.75 Å². The van der Waals surface area contributed by atoms with E-state index in [9.17, 15) is 24.5 Å². The Morgan fingerprint density at radius 1 is 0.871 bits per heavy atom. The van der Waals surface area contributed by atoms with Crippen LogP contribution in [0.25, 0.3) is 0 Å². The van der Waals surface area contributed by atoms with Crippen molar-refractivity contribution < 1.29 is 24.0 Å². The predicted octanol–water partition coefficient (Wildman–Crippen LogP) is 4.30. The summed E-state index contributed by atoms with van der Waals surface area (Å²) in [6.07, 6.45) is -1.19. The van der Waals surface area contributed by atoms with Gasteiger partial charge < -0.3 is 4.74 Å². The number of carbonyl (C=O) groups is 3. The summed E-state index contributed by atoms with van der Waals surface area (Å²) in [6, 6.07) is 20.0. The summed E-state index contributed by atoms with van der Waals surface area (Å²) in [5.41, 5.74) is 0.795. The van der Waals surface area contributed by atoms with Gasteiger partial charge in [-0.25, -0.2) is 9.59 Å². The zero-order valence-electron chi connectivity index (χ0n) is 16.0. The number of amides is 4. The molecule has 1 fully saturated rings. The van der Waals surface area contributed by atoms with Gasteiger partial charge in [0.05, 0.1) is 4.92 Å². The molecular weight excluding hydrogens is 402 g/mol. The van der Waals surface area contributed by atoms with Gasteiger partial charge in [-0.1, -0.05) is 48.5 Å². The Labute approximate surface area is 176 Å². The normalized spacial score (nSPS) is 15.8. The third-order valence-corrected chi connectivity index (χ3v) is 4.69. The number of non-ortho nitro benzene ring substituents is 1. The van der Waals surface area contributed by atoms with Crippen LogP contribution in [0, 0.1) is 10.1 Å². The van der Waals surface area contributed by atoms with Crippen molar-refractivity contribution in [1.29, 1.82) is 0 Å². The highest BCUT2D eigenvalue weighted by atomic mass is 16.6. The zero-order chi connectivity index (χ0) is 22.0. The van der Waals surface area contributed by atoms with Crippen LogP contribution in [0.1, 0.15) is 11.6 Å². The second-order valence-corrected chi connectivity index (χ2v) is 6.59. The van der Waals surface area contributed by atoms with Gasteiger partial charge in [-0.15, -0.1) is 0 Å². The number of imide groups is 3. The van der Waals surface area contributed by atoms with Gasteiger partial charge in [0.2, 0.25) is 0 Å². The third kappa shape index (κ3) is 3.71. The lowest BCUT2D eigenvalue weighted by Crippen LogP contribution is -2.40. The van der Waals surface area contributed by atoms with Crippen molar-refractivity contribution >= 4 is 29.4 Å². The number of nitro groups is 1. The number of ether oxygens (including phenoxy) is 1. The van der Waals surface area contributed by atoms with Crippen molar-refractivity contribution in [3.8, 4) is 5.75 Å². The molecule has 31 heavy (non-hydrogen) atoms. The summed E-state index contributed by atoms with van der Waals surface area (Å²) in [6.45, 7) is 0. The lowest BCUT2D eigenvalue weighted by atomic mass is 10.1. The molecule has 1 saturated heterocycles. The summed E-state index contributed by atoms with van der Waals surface area (Å²) < 4.78 is 5.14. The molecule has 4 rings (SSSR count). The lowest BCUT2D eigenvalue weighted by molar-refractivity contribution is -0.384. The van der Waals surface area contributed by atoms with E-state index in [1.165, 1.54) is 17.0 Å². The standard InChI is InChI=1S/C22H15N3O6/c26-20-19(15-7-3-1-4-8-15)23(16-9-5-2-6-10-16)21(27)24(20)22(28)31-18-13-11-17(12-14-18)25(29)30/h1-14,19H. The molecule has 1 unspecified atom stereocenters. The summed E-state index contributed by atoms with van der Waals surface area (Å²) in [5, 5.41) is 10.8. The summed E-state index contributed by atoms with van der Waals surface area (Å²) in [4.78, 5) is 50.8. The first-order chi connectivity index (χ1) is 15.0.